The van der Waals surface area contributed by atoms with Crippen LogP contribution in [0.25, 0.3) is 0 Å². The van der Waals surface area contributed by atoms with Crippen LogP contribution in [-0.4, -0.2) is 60.6 Å². The molecule has 2 aliphatic heterocycles. The molecule has 0 aliphatic carbocycles. The summed E-state index contributed by atoms with van der Waals surface area (Å²) in [5.74, 6) is 1.90. The maximum Gasteiger partial charge on any atom is 0.134 e. The lowest BCUT2D eigenvalue weighted by Crippen LogP contribution is -2.43. The highest BCUT2D eigenvalue weighted by atomic mass is 16.5. The largest absolute Gasteiger partial charge is 0.394 e. The van der Waals surface area contributed by atoms with Gasteiger partial charge in [0.2, 0.25) is 0 Å². The minimum atomic E-state index is 0.185. The number of rotatable bonds is 4. The molecular weight excluding hydrogens is 280 g/mol. The van der Waals surface area contributed by atoms with Gasteiger partial charge < -0.3 is 19.6 Å². The lowest BCUT2D eigenvalue weighted by atomic mass is 10.0. The van der Waals surface area contributed by atoms with Gasteiger partial charge in [-0.05, 0) is 32.1 Å². The molecule has 6 nitrogen and oxygen atoms in total. The molecule has 0 radical (unpaired) electrons. The number of nitrogens with zero attached hydrogens (tertiary/aromatic N) is 4. The van der Waals surface area contributed by atoms with Crippen molar-refractivity contribution >= 4 is 11.6 Å². The van der Waals surface area contributed by atoms with Gasteiger partial charge in [-0.25, -0.2) is 9.97 Å². The maximum atomic E-state index is 9.60. The van der Waals surface area contributed by atoms with E-state index in [0.29, 0.717) is 0 Å². The molecule has 0 amide bonds. The van der Waals surface area contributed by atoms with Crippen LogP contribution in [0, 0.1) is 0 Å². The van der Waals surface area contributed by atoms with E-state index in [9.17, 15) is 5.11 Å². The van der Waals surface area contributed by atoms with E-state index in [1.54, 1.807) is 13.4 Å². The zero-order valence-corrected chi connectivity index (χ0v) is 13.3. The molecule has 2 aliphatic rings. The summed E-state index contributed by atoms with van der Waals surface area (Å²) in [6.45, 7) is 3.05. The van der Waals surface area contributed by atoms with Crippen LogP contribution in [0.4, 0.5) is 11.6 Å². The summed E-state index contributed by atoms with van der Waals surface area (Å²) in [6.07, 6.45) is 7.54. The molecule has 0 saturated carbocycles. The number of aliphatic hydroxyl groups excluding tert-OH is 1. The number of aliphatic hydroxyl groups is 1. The van der Waals surface area contributed by atoms with Gasteiger partial charge in [0.25, 0.3) is 0 Å². The second kappa shape index (κ2) is 7.24. The predicted octanol–water partition coefficient (Wildman–Crippen LogP) is 1.44. The van der Waals surface area contributed by atoms with E-state index in [1.165, 1.54) is 6.42 Å². The molecule has 1 aromatic heterocycles. The number of aromatic nitrogens is 2. The molecule has 0 bridgehead atoms. The molecule has 1 aromatic rings. The topological polar surface area (TPSA) is 61.7 Å². The number of hydrogen-bond donors (Lipinski definition) is 1. The Morgan fingerprint density at radius 3 is 2.86 bits per heavy atom. The SMILES string of the molecule is COC1CCCN(c2cc(N3CCCCC3CO)ncn2)C1. The third-order valence-electron chi connectivity index (χ3n) is 4.81. The first kappa shape index (κ1) is 15.5. The normalized spacial score (nSPS) is 26.3. The summed E-state index contributed by atoms with van der Waals surface area (Å²) in [4.78, 5) is 13.4. The summed E-state index contributed by atoms with van der Waals surface area (Å²) in [5, 5.41) is 9.60. The van der Waals surface area contributed by atoms with Crippen LogP contribution in [-0.2, 0) is 4.74 Å². The van der Waals surface area contributed by atoms with E-state index in [2.05, 4.69) is 25.8 Å². The van der Waals surface area contributed by atoms with Gasteiger partial charge in [-0.1, -0.05) is 0 Å². The predicted molar refractivity (Wildman–Crippen MR) is 86.3 cm³/mol. The Hall–Kier alpha value is -1.40. The zero-order valence-electron chi connectivity index (χ0n) is 13.3. The Labute approximate surface area is 132 Å². The lowest BCUT2D eigenvalue weighted by molar-refractivity contribution is 0.0891. The van der Waals surface area contributed by atoms with Gasteiger partial charge in [-0.2, -0.15) is 0 Å². The van der Waals surface area contributed by atoms with Crippen LogP contribution >= 0.6 is 0 Å². The van der Waals surface area contributed by atoms with Gasteiger partial charge in [0, 0.05) is 32.8 Å². The highest BCUT2D eigenvalue weighted by molar-refractivity contribution is 5.51. The standard InChI is InChI=1S/C16H26N4O2/c1-22-14-6-4-7-19(10-14)15-9-16(18-12-17-15)20-8-3-2-5-13(20)11-21/h9,12-14,21H,2-8,10-11H2,1H3. The molecule has 0 spiro atoms. The number of methoxy groups -OCH3 is 1. The zero-order chi connectivity index (χ0) is 15.4. The number of piperidine rings is 2. The van der Waals surface area contributed by atoms with E-state index in [0.717, 1.165) is 57.0 Å². The second-order valence-electron chi connectivity index (χ2n) is 6.21. The van der Waals surface area contributed by atoms with Crippen molar-refractivity contribution < 1.29 is 9.84 Å². The molecule has 3 rings (SSSR count). The van der Waals surface area contributed by atoms with Gasteiger partial charge in [0.05, 0.1) is 18.8 Å². The van der Waals surface area contributed by atoms with Crippen LogP contribution in [0.3, 0.4) is 0 Å². The van der Waals surface area contributed by atoms with Gasteiger partial charge in [-0.15, -0.1) is 0 Å². The first-order valence-corrected chi connectivity index (χ1v) is 8.29. The van der Waals surface area contributed by atoms with Crippen molar-refractivity contribution in [2.75, 3.05) is 43.2 Å². The average molecular weight is 306 g/mol. The average Bonchev–Trinajstić information content (AvgIpc) is 2.62. The van der Waals surface area contributed by atoms with Gasteiger partial charge in [0.15, 0.2) is 0 Å². The Morgan fingerprint density at radius 1 is 1.18 bits per heavy atom. The van der Waals surface area contributed by atoms with Gasteiger partial charge in [-0.3, -0.25) is 0 Å². The minimum absolute atomic E-state index is 0.185. The third kappa shape index (κ3) is 3.33. The highest BCUT2D eigenvalue weighted by Crippen LogP contribution is 2.26. The molecule has 3 heterocycles. The fraction of sp³-hybridized carbons (Fsp3) is 0.750. The van der Waals surface area contributed by atoms with Crippen molar-refractivity contribution in [3.8, 4) is 0 Å². The summed E-state index contributed by atoms with van der Waals surface area (Å²) >= 11 is 0. The van der Waals surface area contributed by atoms with Crippen molar-refractivity contribution in [1.29, 1.82) is 0 Å². The van der Waals surface area contributed by atoms with E-state index in [4.69, 9.17) is 4.74 Å². The van der Waals surface area contributed by atoms with Crippen molar-refractivity contribution in [3.05, 3.63) is 12.4 Å². The fourth-order valence-corrected chi connectivity index (χ4v) is 3.50. The maximum absolute atomic E-state index is 9.60. The van der Waals surface area contributed by atoms with Gasteiger partial charge in [0.1, 0.15) is 18.0 Å². The molecule has 1 N–H and O–H groups in total. The summed E-state index contributed by atoms with van der Waals surface area (Å²) < 4.78 is 5.50. The van der Waals surface area contributed by atoms with Gasteiger partial charge >= 0.3 is 0 Å². The minimum Gasteiger partial charge on any atom is -0.394 e. The molecule has 2 atom stereocenters. The quantitative estimate of drug-likeness (QED) is 0.908. The van der Waals surface area contributed by atoms with Crippen LogP contribution in [0.15, 0.2) is 12.4 Å². The summed E-state index contributed by atoms with van der Waals surface area (Å²) in [7, 11) is 1.78. The van der Waals surface area contributed by atoms with Crippen LogP contribution in [0.5, 0.6) is 0 Å². The monoisotopic (exact) mass is 306 g/mol. The molecule has 22 heavy (non-hydrogen) atoms. The Balaban J connectivity index is 1.77. The first-order valence-electron chi connectivity index (χ1n) is 8.29. The van der Waals surface area contributed by atoms with Crippen molar-refractivity contribution in [1.82, 2.24) is 9.97 Å². The molecular formula is C16H26N4O2. The molecule has 0 aromatic carbocycles. The molecule has 6 heteroatoms. The van der Waals surface area contributed by atoms with Crippen LogP contribution in [0.1, 0.15) is 32.1 Å². The first-order chi connectivity index (χ1) is 10.8. The third-order valence-corrected chi connectivity index (χ3v) is 4.81. The summed E-state index contributed by atoms with van der Waals surface area (Å²) in [6, 6.07) is 2.25. The second-order valence-corrected chi connectivity index (χ2v) is 6.21. The molecule has 2 unspecified atom stereocenters. The fourth-order valence-electron chi connectivity index (χ4n) is 3.50. The van der Waals surface area contributed by atoms with Crippen molar-refractivity contribution in [3.63, 3.8) is 0 Å². The Bertz CT molecular complexity index is 485. The molecule has 122 valence electrons. The lowest BCUT2D eigenvalue weighted by Gasteiger charge is -2.36. The molecule has 2 fully saturated rings. The van der Waals surface area contributed by atoms with Crippen molar-refractivity contribution in [2.45, 2.75) is 44.2 Å². The summed E-state index contributed by atoms with van der Waals surface area (Å²) in [5.41, 5.74) is 0. The van der Waals surface area contributed by atoms with E-state index >= 15 is 0 Å². The smallest absolute Gasteiger partial charge is 0.134 e. The molecule has 2 saturated heterocycles. The van der Waals surface area contributed by atoms with Crippen LogP contribution < -0.4 is 9.80 Å². The van der Waals surface area contributed by atoms with Crippen molar-refractivity contribution in [2.24, 2.45) is 0 Å². The highest BCUT2D eigenvalue weighted by Gasteiger charge is 2.25. The number of ether oxygens (including phenoxy) is 1. The van der Waals surface area contributed by atoms with Crippen LogP contribution in [0.2, 0.25) is 0 Å². The number of anilines is 2. The van der Waals surface area contributed by atoms with E-state index < -0.39 is 0 Å². The Kier molecular flexibility index (Phi) is 5.10. The Morgan fingerprint density at radius 2 is 2.05 bits per heavy atom. The van der Waals surface area contributed by atoms with E-state index in [-0.39, 0.29) is 18.8 Å². The number of hydrogen-bond acceptors (Lipinski definition) is 6. The van der Waals surface area contributed by atoms with E-state index in [1.807, 2.05) is 0 Å².